The summed E-state index contributed by atoms with van der Waals surface area (Å²) in [4.78, 5) is 3.84. The van der Waals surface area contributed by atoms with Crippen LogP contribution in [0.4, 0.5) is 0 Å². The number of hydrogen-bond acceptors (Lipinski definition) is 2. The molecule has 0 atom stereocenters. The summed E-state index contributed by atoms with van der Waals surface area (Å²) >= 11 is 0. The van der Waals surface area contributed by atoms with E-state index < -0.39 is 0 Å². The highest BCUT2D eigenvalue weighted by Gasteiger charge is 1.99. The predicted octanol–water partition coefficient (Wildman–Crippen LogP) is 1.08. The first-order valence-corrected chi connectivity index (χ1v) is 2.87. The average molecular weight is 133 g/mol. The van der Waals surface area contributed by atoms with E-state index in [1.165, 1.54) is 0 Å². The van der Waals surface area contributed by atoms with Gasteiger partial charge in [0.15, 0.2) is 5.75 Å². The van der Waals surface area contributed by atoms with E-state index in [-0.39, 0.29) is 5.75 Å². The molecule has 0 aliphatic carbocycles. The molecule has 0 aliphatic rings. The smallest absolute Gasteiger partial charge is 0.152 e. The van der Waals surface area contributed by atoms with Crippen molar-refractivity contribution in [1.29, 1.82) is 0 Å². The third-order valence-corrected chi connectivity index (χ3v) is 1.26. The molecular weight excluding hydrogens is 126 g/mol. The van der Waals surface area contributed by atoms with Crippen molar-refractivity contribution >= 4 is 0 Å². The van der Waals surface area contributed by atoms with Gasteiger partial charge in [0.2, 0.25) is 0 Å². The van der Waals surface area contributed by atoms with Crippen LogP contribution in [0.15, 0.2) is 12.3 Å². The van der Waals surface area contributed by atoms with E-state index >= 15 is 0 Å². The summed E-state index contributed by atoms with van der Waals surface area (Å²) in [7, 11) is 0. The van der Waals surface area contributed by atoms with E-state index in [2.05, 4.69) is 10.9 Å². The van der Waals surface area contributed by atoms with Gasteiger partial charge in [-0.1, -0.05) is 5.92 Å². The number of aromatic hydroxyl groups is 1. The van der Waals surface area contributed by atoms with Gasteiger partial charge in [-0.3, -0.25) is 4.98 Å². The number of hydrogen-bond donors (Lipinski definition) is 1. The molecule has 0 aromatic carbocycles. The van der Waals surface area contributed by atoms with Crippen LogP contribution < -0.4 is 0 Å². The van der Waals surface area contributed by atoms with Gasteiger partial charge >= 0.3 is 0 Å². The SMILES string of the molecule is C#Cc1ccnc(C)c1O. The van der Waals surface area contributed by atoms with Crippen LogP contribution in [0.5, 0.6) is 5.75 Å². The summed E-state index contributed by atoms with van der Waals surface area (Å²) in [5.41, 5.74) is 1.06. The first-order chi connectivity index (χ1) is 4.75. The standard InChI is InChI=1S/C8H7NO/c1-3-7-4-5-9-6(2)8(7)10/h1,4-5,10H,2H3. The largest absolute Gasteiger partial charge is 0.505 e. The van der Waals surface area contributed by atoms with Crippen molar-refractivity contribution in [3.05, 3.63) is 23.5 Å². The molecule has 1 heterocycles. The lowest BCUT2D eigenvalue weighted by Crippen LogP contribution is -1.83. The lowest BCUT2D eigenvalue weighted by atomic mass is 10.2. The molecule has 0 amide bonds. The van der Waals surface area contributed by atoms with Crippen LogP contribution in [-0.2, 0) is 0 Å². The Balaban J connectivity index is 3.31. The number of rotatable bonds is 0. The third kappa shape index (κ3) is 0.939. The minimum Gasteiger partial charge on any atom is -0.505 e. The van der Waals surface area contributed by atoms with Gasteiger partial charge in [-0.15, -0.1) is 6.42 Å². The van der Waals surface area contributed by atoms with E-state index in [0.717, 1.165) is 0 Å². The van der Waals surface area contributed by atoms with Gasteiger partial charge in [0.25, 0.3) is 0 Å². The van der Waals surface area contributed by atoms with Gasteiger partial charge in [-0.05, 0) is 13.0 Å². The van der Waals surface area contributed by atoms with E-state index in [1.54, 1.807) is 19.2 Å². The van der Waals surface area contributed by atoms with Gasteiger partial charge in [0, 0.05) is 6.20 Å². The van der Waals surface area contributed by atoms with Crippen LogP contribution in [0.2, 0.25) is 0 Å². The van der Waals surface area contributed by atoms with E-state index in [4.69, 9.17) is 6.42 Å². The van der Waals surface area contributed by atoms with Crippen molar-refractivity contribution in [2.45, 2.75) is 6.92 Å². The zero-order chi connectivity index (χ0) is 7.56. The molecule has 0 aliphatic heterocycles. The first kappa shape index (κ1) is 6.63. The molecule has 0 spiro atoms. The summed E-state index contributed by atoms with van der Waals surface area (Å²) in [6.07, 6.45) is 6.66. The van der Waals surface area contributed by atoms with Gasteiger partial charge in [0.1, 0.15) is 0 Å². The minimum atomic E-state index is 0.102. The van der Waals surface area contributed by atoms with E-state index in [0.29, 0.717) is 11.3 Å². The molecule has 1 N–H and O–H groups in total. The van der Waals surface area contributed by atoms with Crippen molar-refractivity contribution in [2.75, 3.05) is 0 Å². The van der Waals surface area contributed by atoms with Crippen molar-refractivity contribution in [2.24, 2.45) is 0 Å². The molecule has 0 fully saturated rings. The maximum Gasteiger partial charge on any atom is 0.152 e. The molecule has 50 valence electrons. The molecule has 1 aromatic heterocycles. The molecule has 0 unspecified atom stereocenters. The van der Waals surface area contributed by atoms with Gasteiger partial charge < -0.3 is 5.11 Å². The first-order valence-electron chi connectivity index (χ1n) is 2.87. The molecular formula is C8H7NO. The highest BCUT2D eigenvalue weighted by Crippen LogP contribution is 2.17. The second-order valence-corrected chi connectivity index (χ2v) is 1.94. The molecule has 10 heavy (non-hydrogen) atoms. The van der Waals surface area contributed by atoms with Crippen molar-refractivity contribution in [1.82, 2.24) is 4.98 Å². The fourth-order valence-corrected chi connectivity index (χ4v) is 0.675. The van der Waals surface area contributed by atoms with Crippen LogP contribution in [0.3, 0.4) is 0 Å². The van der Waals surface area contributed by atoms with Gasteiger partial charge in [-0.25, -0.2) is 0 Å². The third-order valence-electron chi connectivity index (χ3n) is 1.26. The second-order valence-electron chi connectivity index (χ2n) is 1.94. The fraction of sp³-hybridized carbons (Fsp3) is 0.125. The summed E-state index contributed by atoms with van der Waals surface area (Å²) in [6, 6.07) is 1.60. The monoisotopic (exact) mass is 133 g/mol. The zero-order valence-electron chi connectivity index (χ0n) is 5.63. The van der Waals surface area contributed by atoms with Crippen LogP contribution in [-0.4, -0.2) is 10.1 Å². The van der Waals surface area contributed by atoms with E-state index in [1.807, 2.05) is 0 Å². The number of pyridine rings is 1. The minimum absolute atomic E-state index is 0.102. The lowest BCUT2D eigenvalue weighted by molar-refractivity contribution is 0.466. The normalized spacial score (nSPS) is 8.80. The Labute approximate surface area is 59.5 Å². The number of aromatic nitrogens is 1. The fourth-order valence-electron chi connectivity index (χ4n) is 0.675. The summed E-state index contributed by atoms with van der Waals surface area (Å²) < 4.78 is 0. The zero-order valence-corrected chi connectivity index (χ0v) is 5.63. The average Bonchev–Trinajstić information content (AvgIpc) is 1.95. The molecule has 2 heteroatoms. The molecule has 0 bridgehead atoms. The summed E-state index contributed by atoms with van der Waals surface area (Å²) in [5.74, 6) is 2.45. The Morgan fingerprint density at radius 2 is 2.40 bits per heavy atom. The molecule has 0 saturated heterocycles. The Bertz CT molecular complexity index is 286. The molecule has 1 rings (SSSR count). The number of nitrogens with zero attached hydrogens (tertiary/aromatic N) is 1. The van der Waals surface area contributed by atoms with Crippen LogP contribution in [0.25, 0.3) is 0 Å². The number of terminal acetylenes is 1. The van der Waals surface area contributed by atoms with E-state index in [9.17, 15) is 5.11 Å². The van der Waals surface area contributed by atoms with Crippen molar-refractivity contribution in [3.8, 4) is 18.1 Å². The van der Waals surface area contributed by atoms with Crippen molar-refractivity contribution in [3.63, 3.8) is 0 Å². The Morgan fingerprint density at radius 1 is 1.70 bits per heavy atom. The Hall–Kier alpha value is -1.49. The highest BCUT2D eigenvalue weighted by molar-refractivity contribution is 5.45. The van der Waals surface area contributed by atoms with Crippen molar-refractivity contribution < 1.29 is 5.11 Å². The summed E-state index contributed by atoms with van der Waals surface area (Å²) in [6.45, 7) is 1.70. The van der Waals surface area contributed by atoms with Gasteiger partial charge in [0.05, 0.1) is 11.3 Å². The summed E-state index contributed by atoms with van der Waals surface area (Å²) in [5, 5.41) is 9.19. The van der Waals surface area contributed by atoms with Crippen LogP contribution >= 0.6 is 0 Å². The number of aryl methyl sites for hydroxylation is 1. The maximum absolute atomic E-state index is 9.19. The second kappa shape index (κ2) is 2.40. The lowest BCUT2D eigenvalue weighted by Gasteiger charge is -1.97. The maximum atomic E-state index is 9.19. The van der Waals surface area contributed by atoms with Gasteiger partial charge in [-0.2, -0.15) is 0 Å². The van der Waals surface area contributed by atoms with Crippen LogP contribution in [0.1, 0.15) is 11.3 Å². The topological polar surface area (TPSA) is 33.1 Å². The molecule has 1 aromatic rings. The highest BCUT2D eigenvalue weighted by atomic mass is 16.3. The predicted molar refractivity (Wildman–Crippen MR) is 38.6 cm³/mol. The van der Waals surface area contributed by atoms with Crippen LogP contribution in [0, 0.1) is 19.3 Å². The molecule has 0 saturated carbocycles. The quantitative estimate of drug-likeness (QED) is 0.537. The Kier molecular flexibility index (Phi) is 1.59. The molecule has 2 nitrogen and oxygen atoms in total. The molecule has 0 radical (unpaired) electrons. The Morgan fingerprint density at radius 3 is 2.90 bits per heavy atom.